The minimum Gasteiger partial charge on any atom is -0.335 e. The highest BCUT2D eigenvalue weighted by Crippen LogP contribution is 2.37. The van der Waals surface area contributed by atoms with E-state index in [0.29, 0.717) is 5.82 Å². The highest BCUT2D eigenvalue weighted by molar-refractivity contribution is 5.90. The lowest BCUT2D eigenvalue weighted by Crippen LogP contribution is -2.30. The van der Waals surface area contributed by atoms with Crippen molar-refractivity contribution in [1.29, 1.82) is 0 Å². The van der Waals surface area contributed by atoms with Gasteiger partial charge in [-0.1, -0.05) is 13.3 Å². The third kappa shape index (κ3) is 2.02. The van der Waals surface area contributed by atoms with Crippen molar-refractivity contribution in [1.82, 2.24) is 20.1 Å². The zero-order valence-electron chi connectivity index (χ0n) is 10.9. The molecular weight excluding hydrogens is 228 g/mol. The molecule has 5 nitrogen and oxygen atoms in total. The van der Waals surface area contributed by atoms with Gasteiger partial charge < -0.3 is 4.90 Å². The molecule has 1 aromatic rings. The van der Waals surface area contributed by atoms with E-state index in [9.17, 15) is 4.79 Å². The summed E-state index contributed by atoms with van der Waals surface area (Å²) in [6.07, 6.45) is 5.76. The molecule has 1 aliphatic heterocycles. The van der Waals surface area contributed by atoms with Crippen LogP contribution in [0.5, 0.6) is 0 Å². The molecule has 2 heterocycles. The zero-order chi connectivity index (χ0) is 12.5. The molecule has 0 bridgehead atoms. The average molecular weight is 248 g/mol. The van der Waals surface area contributed by atoms with Crippen LogP contribution in [-0.2, 0) is 6.42 Å². The summed E-state index contributed by atoms with van der Waals surface area (Å²) in [6.45, 7) is 3.90. The number of nitrogens with one attached hydrogen (secondary N) is 1. The summed E-state index contributed by atoms with van der Waals surface area (Å²) in [5.74, 6) is 2.62. The first-order valence-electron chi connectivity index (χ1n) is 6.98. The van der Waals surface area contributed by atoms with Crippen LogP contribution in [0.3, 0.4) is 0 Å². The average Bonchev–Trinajstić information content (AvgIpc) is 3.02. The first-order chi connectivity index (χ1) is 8.78. The number of nitrogens with zero attached hydrogens (tertiary/aromatic N) is 3. The Hall–Kier alpha value is -1.39. The molecule has 1 N–H and O–H groups in total. The number of hydrogen-bond donors (Lipinski definition) is 1. The summed E-state index contributed by atoms with van der Waals surface area (Å²) in [7, 11) is 0. The number of aromatic nitrogens is 3. The molecule has 1 saturated carbocycles. The molecule has 1 amide bonds. The van der Waals surface area contributed by atoms with Crippen LogP contribution < -0.4 is 0 Å². The molecular formula is C13H20N4O. The Labute approximate surface area is 107 Å². The molecule has 0 radical (unpaired) electrons. The molecule has 98 valence electrons. The second-order valence-corrected chi connectivity index (χ2v) is 5.52. The van der Waals surface area contributed by atoms with Gasteiger partial charge in [0, 0.05) is 19.5 Å². The Balaban J connectivity index is 1.67. The molecule has 3 rings (SSSR count). The van der Waals surface area contributed by atoms with Crippen molar-refractivity contribution in [2.45, 2.75) is 39.0 Å². The van der Waals surface area contributed by atoms with Gasteiger partial charge in [0.15, 0.2) is 0 Å². The smallest absolute Gasteiger partial charge is 0.293 e. The first-order valence-corrected chi connectivity index (χ1v) is 6.98. The molecule has 18 heavy (non-hydrogen) atoms. The molecule has 2 atom stereocenters. The summed E-state index contributed by atoms with van der Waals surface area (Å²) >= 11 is 0. The predicted molar refractivity (Wildman–Crippen MR) is 67.1 cm³/mol. The fourth-order valence-corrected chi connectivity index (χ4v) is 3.28. The van der Waals surface area contributed by atoms with E-state index in [1.165, 1.54) is 19.3 Å². The molecule has 2 fully saturated rings. The summed E-state index contributed by atoms with van der Waals surface area (Å²) in [4.78, 5) is 18.5. The Kier molecular flexibility index (Phi) is 3.06. The SMILES string of the molecule is CCCc1nc(C(=O)N2CC3CCCC3C2)n[nH]1. The monoisotopic (exact) mass is 248 g/mol. The van der Waals surface area contributed by atoms with Crippen molar-refractivity contribution in [2.75, 3.05) is 13.1 Å². The van der Waals surface area contributed by atoms with Crippen LogP contribution in [0.1, 0.15) is 49.1 Å². The number of H-pyrrole nitrogens is 1. The maximum absolute atomic E-state index is 12.3. The van der Waals surface area contributed by atoms with Gasteiger partial charge >= 0.3 is 0 Å². The number of fused-ring (bicyclic) bond motifs is 1. The molecule has 1 saturated heterocycles. The van der Waals surface area contributed by atoms with E-state index >= 15 is 0 Å². The lowest BCUT2D eigenvalue weighted by atomic mass is 10.0. The molecule has 1 aliphatic carbocycles. The molecule has 2 aliphatic rings. The molecule has 2 unspecified atom stereocenters. The van der Waals surface area contributed by atoms with Crippen LogP contribution in [0, 0.1) is 11.8 Å². The van der Waals surface area contributed by atoms with Crippen LogP contribution in [0.4, 0.5) is 0 Å². The number of aromatic amines is 1. The van der Waals surface area contributed by atoms with E-state index in [1.54, 1.807) is 0 Å². The van der Waals surface area contributed by atoms with E-state index in [1.807, 2.05) is 4.90 Å². The van der Waals surface area contributed by atoms with Crippen LogP contribution in [0.15, 0.2) is 0 Å². The third-order valence-corrected chi connectivity index (χ3v) is 4.22. The Morgan fingerprint density at radius 1 is 1.39 bits per heavy atom. The van der Waals surface area contributed by atoms with E-state index < -0.39 is 0 Å². The number of carbonyl (C=O) groups excluding carboxylic acids is 1. The maximum Gasteiger partial charge on any atom is 0.293 e. The highest BCUT2D eigenvalue weighted by Gasteiger charge is 2.39. The minimum atomic E-state index is 0.00278. The second-order valence-electron chi connectivity index (χ2n) is 5.52. The number of carbonyl (C=O) groups is 1. The van der Waals surface area contributed by atoms with Gasteiger partial charge in [-0.2, -0.15) is 0 Å². The summed E-state index contributed by atoms with van der Waals surface area (Å²) in [5, 5.41) is 6.90. The lowest BCUT2D eigenvalue weighted by molar-refractivity contribution is 0.0769. The van der Waals surface area contributed by atoms with Crippen molar-refractivity contribution in [3.8, 4) is 0 Å². The van der Waals surface area contributed by atoms with Crippen molar-refractivity contribution in [2.24, 2.45) is 11.8 Å². The maximum atomic E-state index is 12.3. The van der Waals surface area contributed by atoms with E-state index in [4.69, 9.17) is 0 Å². The number of amides is 1. The number of rotatable bonds is 3. The van der Waals surface area contributed by atoms with Crippen molar-refractivity contribution in [3.05, 3.63) is 11.6 Å². The quantitative estimate of drug-likeness (QED) is 0.884. The van der Waals surface area contributed by atoms with E-state index in [-0.39, 0.29) is 5.91 Å². The van der Waals surface area contributed by atoms with E-state index in [2.05, 4.69) is 22.1 Å². The number of hydrogen-bond acceptors (Lipinski definition) is 3. The minimum absolute atomic E-state index is 0.00278. The third-order valence-electron chi connectivity index (χ3n) is 4.22. The summed E-state index contributed by atoms with van der Waals surface area (Å²) in [5.41, 5.74) is 0. The van der Waals surface area contributed by atoms with Crippen LogP contribution in [0.2, 0.25) is 0 Å². The van der Waals surface area contributed by atoms with Crippen LogP contribution in [-0.4, -0.2) is 39.1 Å². The van der Waals surface area contributed by atoms with Gasteiger partial charge in [-0.05, 0) is 31.1 Å². The summed E-state index contributed by atoms with van der Waals surface area (Å²) < 4.78 is 0. The lowest BCUT2D eigenvalue weighted by Gasteiger charge is -2.14. The van der Waals surface area contributed by atoms with Gasteiger partial charge in [-0.25, -0.2) is 4.98 Å². The van der Waals surface area contributed by atoms with Gasteiger partial charge in [0.25, 0.3) is 5.91 Å². The van der Waals surface area contributed by atoms with Gasteiger partial charge in [-0.15, -0.1) is 5.10 Å². The molecule has 1 aromatic heterocycles. The standard InChI is InChI=1S/C13H20N4O/c1-2-4-11-14-12(16-15-11)13(18)17-7-9-5-3-6-10(9)8-17/h9-10H,2-8H2,1H3,(H,14,15,16). The fourth-order valence-electron chi connectivity index (χ4n) is 3.28. The zero-order valence-corrected chi connectivity index (χ0v) is 10.9. The number of likely N-dealkylation sites (tertiary alicyclic amines) is 1. The second kappa shape index (κ2) is 4.71. The van der Waals surface area contributed by atoms with Crippen LogP contribution in [0.25, 0.3) is 0 Å². The van der Waals surface area contributed by atoms with Gasteiger partial charge in [0.05, 0.1) is 0 Å². The van der Waals surface area contributed by atoms with Gasteiger partial charge in [-0.3, -0.25) is 9.89 Å². The van der Waals surface area contributed by atoms with Crippen molar-refractivity contribution < 1.29 is 4.79 Å². The first kappa shape index (κ1) is 11.7. The largest absolute Gasteiger partial charge is 0.335 e. The Morgan fingerprint density at radius 3 is 2.78 bits per heavy atom. The Bertz CT molecular complexity index is 430. The summed E-state index contributed by atoms with van der Waals surface area (Å²) in [6, 6.07) is 0. The van der Waals surface area contributed by atoms with E-state index in [0.717, 1.165) is 43.6 Å². The Morgan fingerprint density at radius 2 is 2.11 bits per heavy atom. The van der Waals surface area contributed by atoms with Crippen molar-refractivity contribution in [3.63, 3.8) is 0 Å². The predicted octanol–water partition coefficient (Wildman–Crippen LogP) is 1.63. The topological polar surface area (TPSA) is 61.9 Å². The number of aryl methyl sites for hydroxylation is 1. The fraction of sp³-hybridized carbons (Fsp3) is 0.769. The van der Waals surface area contributed by atoms with Crippen molar-refractivity contribution >= 4 is 5.91 Å². The molecule has 0 spiro atoms. The normalized spacial score (nSPS) is 26.6. The molecule has 0 aromatic carbocycles. The van der Waals surface area contributed by atoms with Gasteiger partial charge in [0.1, 0.15) is 5.82 Å². The molecule has 5 heteroatoms. The van der Waals surface area contributed by atoms with Crippen LogP contribution >= 0.6 is 0 Å². The van der Waals surface area contributed by atoms with Gasteiger partial charge in [0.2, 0.25) is 5.82 Å². The highest BCUT2D eigenvalue weighted by atomic mass is 16.2.